The summed E-state index contributed by atoms with van der Waals surface area (Å²) in [6, 6.07) is 4.36. The first kappa shape index (κ1) is 16.0. The molecule has 2 heterocycles. The van der Waals surface area contributed by atoms with Crippen LogP contribution in [0.1, 0.15) is 12.8 Å². The van der Waals surface area contributed by atoms with E-state index in [1.807, 2.05) is 12.1 Å². The lowest BCUT2D eigenvalue weighted by molar-refractivity contribution is 0.264. The molecule has 0 bridgehead atoms. The largest absolute Gasteiger partial charge is 0.496 e. The Balaban J connectivity index is 1.97. The van der Waals surface area contributed by atoms with Crippen molar-refractivity contribution in [3.05, 3.63) is 21.0 Å². The Hall–Kier alpha value is -0.860. The molecule has 0 saturated carbocycles. The summed E-state index contributed by atoms with van der Waals surface area (Å²) in [4.78, 5) is 11.1. The van der Waals surface area contributed by atoms with Crippen molar-refractivity contribution in [1.82, 2.24) is 14.9 Å². The monoisotopic (exact) mass is 432 g/mol. The predicted molar refractivity (Wildman–Crippen MR) is 98.0 cm³/mol. The van der Waals surface area contributed by atoms with Crippen LogP contribution in [-0.2, 0) is 0 Å². The fourth-order valence-electron chi connectivity index (χ4n) is 2.71. The number of likely N-dealkylation sites (tertiary alicyclic amines) is 1. The van der Waals surface area contributed by atoms with E-state index >= 15 is 0 Å². The number of hydrogen-bond donors (Lipinski definition) is 1. The quantitative estimate of drug-likeness (QED) is 0.595. The minimum Gasteiger partial charge on any atom is -0.496 e. The zero-order chi connectivity index (χ0) is 15.7. The third-order valence-corrected chi connectivity index (χ3v) is 5.01. The highest BCUT2D eigenvalue weighted by atomic mass is 127. The third-order valence-electron chi connectivity index (χ3n) is 4.00. The number of halogens is 2. The van der Waals surface area contributed by atoms with Crippen LogP contribution in [0.25, 0.3) is 10.9 Å². The van der Waals surface area contributed by atoms with Crippen LogP contribution in [0.3, 0.4) is 0 Å². The molecule has 1 fully saturated rings. The first-order valence-electron chi connectivity index (χ1n) is 7.22. The van der Waals surface area contributed by atoms with Crippen LogP contribution in [0, 0.1) is 3.57 Å². The topological polar surface area (TPSA) is 50.3 Å². The third kappa shape index (κ3) is 3.38. The van der Waals surface area contributed by atoms with Gasteiger partial charge in [-0.2, -0.15) is 0 Å². The molecule has 0 spiro atoms. The maximum Gasteiger partial charge on any atom is 0.224 e. The molecule has 0 radical (unpaired) electrons. The Kier molecular flexibility index (Phi) is 4.89. The minimum atomic E-state index is 0.267. The van der Waals surface area contributed by atoms with Gasteiger partial charge in [0.25, 0.3) is 0 Å². The van der Waals surface area contributed by atoms with Gasteiger partial charge in [-0.25, -0.2) is 9.97 Å². The molecule has 1 aromatic heterocycles. The number of anilines is 1. The molecule has 1 aliphatic rings. The van der Waals surface area contributed by atoms with Crippen LogP contribution in [0.4, 0.5) is 5.82 Å². The number of nitrogens with one attached hydrogen (secondary N) is 1. The fourth-order valence-corrected chi connectivity index (χ4v) is 3.56. The Bertz CT molecular complexity index is 689. The van der Waals surface area contributed by atoms with Gasteiger partial charge in [0.15, 0.2) is 0 Å². The molecular weight excluding hydrogens is 415 g/mol. The molecule has 1 aliphatic heterocycles. The molecule has 0 aliphatic carbocycles. The molecule has 0 atom stereocenters. The highest BCUT2D eigenvalue weighted by Gasteiger charge is 2.19. The van der Waals surface area contributed by atoms with Crippen molar-refractivity contribution in [3.63, 3.8) is 0 Å². The molecule has 1 saturated heterocycles. The van der Waals surface area contributed by atoms with E-state index in [1.165, 1.54) is 0 Å². The van der Waals surface area contributed by atoms with Crippen LogP contribution >= 0.6 is 34.2 Å². The molecule has 1 aromatic carbocycles. The van der Waals surface area contributed by atoms with Gasteiger partial charge in [0.2, 0.25) is 5.28 Å². The van der Waals surface area contributed by atoms with E-state index in [0.29, 0.717) is 6.04 Å². The van der Waals surface area contributed by atoms with Crippen molar-refractivity contribution in [2.45, 2.75) is 18.9 Å². The van der Waals surface area contributed by atoms with Crippen LogP contribution in [-0.4, -0.2) is 48.2 Å². The van der Waals surface area contributed by atoms with Crippen LogP contribution in [0.15, 0.2) is 12.1 Å². The lowest BCUT2D eigenvalue weighted by Gasteiger charge is -2.30. The van der Waals surface area contributed by atoms with E-state index < -0.39 is 0 Å². The molecule has 1 N–H and O–H groups in total. The maximum absolute atomic E-state index is 6.09. The average Bonchev–Trinajstić information content (AvgIpc) is 2.49. The van der Waals surface area contributed by atoms with Gasteiger partial charge in [0.05, 0.1) is 16.2 Å². The van der Waals surface area contributed by atoms with E-state index in [1.54, 1.807) is 7.11 Å². The van der Waals surface area contributed by atoms with Crippen LogP contribution in [0.2, 0.25) is 5.28 Å². The first-order valence-corrected chi connectivity index (χ1v) is 8.68. The number of aromatic nitrogens is 2. The normalized spacial score (nSPS) is 16.9. The maximum atomic E-state index is 6.09. The summed E-state index contributed by atoms with van der Waals surface area (Å²) in [6.07, 6.45) is 2.20. The lowest BCUT2D eigenvalue weighted by Crippen LogP contribution is -2.36. The smallest absolute Gasteiger partial charge is 0.224 e. The van der Waals surface area contributed by atoms with Crippen molar-refractivity contribution in [3.8, 4) is 5.75 Å². The first-order chi connectivity index (χ1) is 10.6. The summed E-state index contributed by atoms with van der Waals surface area (Å²) in [6.45, 7) is 2.19. The van der Waals surface area contributed by atoms with Crippen molar-refractivity contribution >= 4 is 50.9 Å². The van der Waals surface area contributed by atoms with Crippen molar-refractivity contribution in [2.24, 2.45) is 0 Å². The Morgan fingerprint density at radius 3 is 2.73 bits per heavy atom. The van der Waals surface area contributed by atoms with Crippen molar-refractivity contribution < 1.29 is 4.74 Å². The van der Waals surface area contributed by atoms with Crippen molar-refractivity contribution in [2.75, 3.05) is 32.6 Å². The molecule has 3 rings (SSSR count). The summed E-state index contributed by atoms with van der Waals surface area (Å²) < 4.78 is 6.42. The number of rotatable bonds is 3. The Labute approximate surface area is 148 Å². The van der Waals surface area contributed by atoms with Gasteiger partial charge < -0.3 is 15.0 Å². The second-order valence-electron chi connectivity index (χ2n) is 5.57. The zero-order valence-corrected chi connectivity index (χ0v) is 15.5. The number of fused-ring (bicyclic) bond motifs is 1. The van der Waals surface area contributed by atoms with Gasteiger partial charge in [-0.15, -0.1) is 0 Å². The molecule has 22 heavy (non-hydrogen) atoms. The van der Waals surface area contributed by atoms with Gasteiger partial charge >= 0.3 is 0 Å². The van der Waals surface area contributed by atoms with E-state index in [4.69, 9.17) is 16.3 Å². The average molecular weight is 433 g/mol. The molecule has 7 heteroatoms. The van der Waals surface area contributed by atoms with Crippen LogP contribution in [0.5, 0.6) is 5.75 Å². The summed E-state index contributed by atoms with van der Waals surface area (Å²) in [5.41, 5.74) is 0.834. The number of hydrogen-bond acceptors (Lipinski definition) is 5. The summed E-state index contributed by atoms with van der Waals surface area (Å²) in [7, 11) is 3.82. The molecular formula is C15H18ClIN4O. The highest BCUT2D eigenvalue weighted by Crippen LogP contribution is 2.31. The number of piperidine rings is 1. The second-order valence-corrected chi connectivity index (χ2v) is 7.07. The van der Waals surface area contributed by atoms with Gasteiger partial charge in [0.1, 0.15) is 11.6 Å². The van der Waals surface area contributed by atoms with Gasteiger partial charge in [-0.1, -0.05) is 0 Å². The standard InChI is InChI=1S/C15H18ClIN4O/c1-21-5-3-9(4-6-21)18-14-10-7-13(22-2)11(17)8-12(10)19-15(16)20-14/h7-9H,3-6H2,1-2H3,(H,18,19,20). The number of methoxy groups -OCH3 is 1. The van der Waals surface area contributed by atoms with Gasteiger partial charge in [0, 0.05) is 11.4 Å². The van der Waals surface area contributed by atoms with E-state index in [-0.39, 0.29) is 5.28 Å². The van der Waals surface area contributed by atoms with E-state index in [2.05, 4.69) is 49.8 Å². The Morgan fingerprint density at radius 2 is 2.05 bits per heavy atom. The van der Waals surface area contributed by atoms with E-state index in [0.717, 1.165) is 52.0 Å². The number of ether oxygens (including phenoxy) is 1. The summed E-state index contributed by atoms with van der Waals surface area (Å²) in [5, 5.41) is 4.75. The molecule has 118 valence electrons. The zero-order valence-electron chi connectivity index (χ0n) is 12.6. The minimum absolute atomic E-state index is 0.267. The molecule has 2 aromatic rings. The van der Waals surface area contributed by atoms with Crippen molar-refractivity contribution in [1.29, 1.82) is 0 Å². The molecule has 0 unspecified atom stereocenters. The number of nitrogens with zero attached hydrogens (tertiary/aromatic N) is 3. The molecule has 0 amide bonds. The van der Waals surface area contributed by atoms with Crippen LogP contribution < -0.4 is 10.1 Å². The van der Waals surface area contributed by atoms with Gasteiger partial charge in [-0.05, 0) is 79.3 Å². The number of benzene rings is 1. The molecule has 5 nitrogen and oxygen atoms in total. The SMILES string of the molecule is COc1cc2c(NC3CCN(C)CC3)nc(Cl)nc2cc1I. The summed E-state index contributed by atoms with van der Waals surface area (Å²) in [5.74, 6) is 1.62. The van der Waals surface area contributed by atoms with Gasteiger partial charge in [-0.3, -0.25) is 0 Å². The summed E-state index contributed by atoms with van der Waals surface area (Å²) >= 11 is 8.32. The predicted octanol–water partition coefficient (Wildman–Crippen LogP) is 3.40. The lowest BCUT2D eigenvalue weighted by atomic mass is 10.1. The highest BCUT2D eigenvalue weighted by molar-refractivity contribution is 14.1. The second kappa shape index (κ2) is 6.72. The fraction of sp³-hybridized carbons (Fsp3) is 0.467. The van der Waals surface area contributed by atoms with E-state index in [9.17, 15) is 0 Å². The Morgan fingerprint density at radius 1 is 1.32 bits per heavy atom.